The second-order valence-electron chi connectivity index (χ2n) is 4.36. The van der Waals surface area contributed by atoms with Gasteiger partial charge in [-0.3, -0.25) is 4.72 Å². The van der Waals surface area contributed by atoms with E-state index in [4.69, 9.17) is 4.74 Å². The number of methoxy groups -OCH3 is 1. The highest BCUT2D eigenvalue weighted by atomic mass is 79.9. The zero-order chi connectivity index (χ0) is 15.6. The van der Waals surface area contributed by atoms with Crippen LogP contribution in [0.5, 0.6) is 5.75 Å². The number of benzene rings is 2. The molecule has 2 aromatic rings. The van der Waals surface area contributed by atoms with Gasteiger partial charge in [0.1, 0.15) is 11.6 Å². The molecular formula is C14H13BrFNO3S. The molecule has 0 unspecified atom stereocenters. The first-order chi connectivity index (χ1) is 9.83. The molecule has 7 heteroatoms. The maximum absolute atomic E-state index is 13.7. The van der Waals surface area contributed by atoms with Gasteiger partial charge >= 0.3 is 0 Å². The Balaban J connectivity index is 2.36. The lowest BCUT2D eigenvalue weighted by molar-refractivity contribution is 0.411. The van der Waals surface area contributed by atoms with Crippen molar-refractivity contribution in [1.29, 1.82) is 0 Å². The van der Waals surface area contributed by atoms with Crippen molar-refractivity contribution < 1.29 is 17.5 Å². The maximum Gasteiger partial charge on any atom is 0.262 e. The average molecular weight is 374 g/mol. The number of nitrogens with one attached hydrogen (secondary N) is 1. The second kappa shape index (κ2) is 6.03. The first-order valence-corrected chi connectivity index (χ1v) is 8.23. The van der Waals surface area contributed by atoms with Gasteiger partial charge in [-0.2, -0.15) is 0 Å². The van der Waals surface area contributed by atoms with Crippen molar-refractivity contribution in [3.63, 3.8) is 0 Å². The van der Waals surface area contributed by atoms with E-state index < -0.39 is 15.8 Å². The second-order valence-corrected chi connectivity index (χ2v) is 6.96. The van der Waals surface area contributed by atoms with E-state index in [0.717, 1.165) is 0 Å². The Bertz CT molecular complexity index is 778. The molecule has 0 saturated heterocycles. The number of anilines is 1. The fraction of sp³-hybridized carbons (Fsp3) is 0.143. The van der Waals surface area contributed by atoms with Gasteiger partial charge in [-0.1, -0.05) is 15.9 Å². The minimum atomic E-state index is -3.86. The van der Waals surface area contributed by atoms with Gasteiger partial charge < -0.3 is 4.74 Å². The van der Waals surface area contributed by atoms with E-state index in [1.165, 1.54) is 31.4 Å². The van der Waals surface area contributed by atoms with Crippen LogP contribution in [0.4, 0.5) is 10.1 Å². The number of sulfonamides is 1. The molecule has 0 bridgehead atoms. The van der Waals surface area contributed by atoms with Crippen LogP contribution in [0, 0.1) is 12.7 Å². The number of aryl methyl sites for hydroxylation is 1. The van der Waals surface area contributed by atoms with Crippen molar-refractivity contribution in [3.05, 3.63) is 52.3 Å². The van der Waals surface area contributed by atoms with Gasteiger partial charge in [-0.15, -0.1) is 0 Å². The number of halogens is 2. The summed E-state index contributed by atoms with van der Waals surface area (Å²) in [7, 11) is -2.35. The molecule has 0 amide bonds. The third-order valence-corrected chi connectivity index (χ3v) is 4.71. The molecule has 0 radical (unpaired) electrons. The normalized spacial score (nSPS) is 11.2. The lowest BCUT2D eigenvalue weighted by atomic mass is 10.2. The van der Waals surface area contributed by atoms with Gasteiger partial charge in [-0.05, 0) is 48.9 Å². The molecule has 0 aliphatic heterocycles. The van der Waals surface area contributed by atoms with Gasteiger partial charge in [-0.25, -0.2) is 12.8 Å². The molecule has 0 fully saturated rings. The van der Waals surface area contributed by atoms with E-state index in [1.807, 2.05) is 0 Å². The van der Waals surface area contributed by atoms with Gasteiger partial charge in [0.2, 0.25) is 0 Å². The van der Waals surface area contributed by atoms with Crippen molar-refractivity contribution in [2.75, 3.05) is 11.8 Å². The van der Waals surface area contributed by atoms with Gasteiger partial charge in [0, 0.05) is 4.47 Å². The Morgan fingerprint density at radius 1 is 1.19 bits per heavy atom. The van der Waals surface area contributed by atoms with Crippen LogP contribution in [0.2, 0.25) is 0 Å². The Kier molecular flexibility index (Phi) is 4.53. The van der Waals surface area contributed by atoms with Crippen molar-refractivity contribution >= 4 is 31.6 Å². The molecule has 0 spiro atoms. The van der Waals surface area contributed by atoms with Crippen LogP contribution in [-0.2, 0) is 10.0 Å². The SMILES string of the molecule is COc1ccc(S(=O)(=O)Nc2ccc(Br)cc2F)cc1C. The van der Waals surface area contributed by atoms with Crippen LogP contribution in [-0.4, -0.2) is 15.5 Å². The van der Waals surface area contributed by atoms with Crippen LogP contribution in [0.3, 0.4) is 0 Å². The molecule has 2 aromatic carbocycles. The van der Waals surface area contributed by atoms with Crippen LogP contribution in [0.1, 0.15) is 5.56 Å². The molecule has 0 heterocycles. The predicted octanol–water partition coefficient (Wildman–Crippen LogP) is 3.71. The lowest BCUT2D eigenvalue weighted by Crippen LogP contribution is -2.14. The van der Waals surface area contributed by atoms with E-state index in [1.54, 1.807) is 19.1 Å². The summed E-state index contributed by atoms with van der Waals surface area (Å²) in [5.41, 5.74) is 0.573. The molecular weight excluding hydrogens is 361 g/mol. The summed E-state index contributed by atoms with van der Waals surface area (Å²) in [4.78, 5) is 0.0446. The Morgan fingerprint density at radius 2 is 1.90 bits per heavy atom. The molecule has 2 rings (SSSR count). The molecule has 4 nitrogen and oxygen atoms in total. The first-order valence-electron chi connectivity index (χ1n) is 5.96. The van der Waals surface area contributed by atoms with E-state index in [0.29, 0.717) is 15.8 Å². The van der Waals surface area contributed by atoms with Gasteiger partial charge in [0.05, 0.1) is 17.7 Å². The van der Waals surface area contributed by atoms with Crippen LogP contribution < -0.4 is 9.46 Å². The summed E-state index contributed by atoms with van der Waals surface area (Å²) < 4.78 is 46.1. The Hall–Kier alpha value is -1.60. The third-order valence-electron chi connectivity index (χ3n) is 2.85. The topological polar surface area (TPSA) is 55.4 Å². The zero-order valence-electron chi connectivity index (χ0n) is 11.4. The average Bonchev–Trinajstić information content (AvgIpc) is 2.42. The summed E-state index contributed by atoms with van der Waals surface area (Å²) in [5.74, 6) is -0.0676. The van der Waals surface area contributed by atoms with Crippen molar-refractivity contribution in [2.24, 2.45) is 0 Å². The largest absolute Gasteiger partial charge is 0.496 e. The standard InChI is InChI=1S/C14H13BrFNO3S/c1-9-7-11(4-6-14(9)20-2)21(18,19)17-13-5-3-10(15)8-12(13)16/h3-8,17H,1-2H3. The van der Waals surface area contributed by atoms with E-state index in [2.05, 4.69) is 20.7 Å². The van der Waals surface area contributed by atoms with Crippen LogP contribution >= 0.6 is 15.9 Å². The molecule has 0 aliphatic carbocycles. The third kappa shape index (κ3) is 3.54. The molecule has 112 valence electrons. The highest BCUT2D eigenvalue weighted by molar-refractivity contribution is 9.10. The first kappa shape index (κ1) is 15.8. The molecule has 0 atom stereocenters. The summed E-state index contributed by atoms with van der Waals surface area (Å²) in [6.45, 7) is 1.73. The van der Waals surface area contributed by atoms with Crippen LogP contribution in [0.15, 0.2) is 45.8 Å². The number of hydrogen-bond donors (Lipinski definition) is 1. The molecule has 0 aromatic heterocycles. The monoisotopic (exact) mass is 373 g/mol. The summed E-state index contributed by atoms with van der Waals surface area (Å²) >= 11 is 3.12. The summed E-state index contributed by atoms with van der Waals surface area (Å²) in [6, 6.07) is 8.54. The van der Waals surface area contributed by atoms with E-state index in [9.17, 15) is 12.8 Å². The Labute approximate surface area is 131 Å². The predicted molar refractivity (Wildman–Crippen MR) is 82.6 cm³/mol. The molecule has 21 heavy (non-hydrogen) atoms. The van der Waals surface area contributed by atoms with Crippen molar-refractivity contribution in [3.8, 4) is 5.75 Å². The minimum absolute atomic E-state index is 0.0446. The molecule has 1 N–H and O–H groups in total. The smallest absolute Gasteiger partial charge is 0.262 e. The minimum Gasteiger partial charge on any atom is -0.496 e. The van der Waals surface area contributed by atoms with Crippen molar-refractivity contribution in [2.45, 2.75) is 11.8 Å². The quantitative estimate of drug-likeness (QED) is 0.888. The van der Waals surface area contributed by atoms with Crippen LogP contribution in [0.25, 0.3) is 0 Å². The van der Waals surface area contributed by atoms with Gasteiger partial charge in [0.15, 0.2) is 0 Å². The van der Waals surface area contributed by atoms with Crippen molar-refractivity contribution in [1.82, 2.24) is 0 Å². The van der Waals surface area contributed by atoms with E-state index in [-0.39, 0.29) is 10.6 Å². The number of hydrogen-bond acceptors (Lipinski definition) is 3. The lowest BCUT2D eigenvalue weighted by Gasteiger charge is -2.11. The maximum atomic E-state index is 13.7. The fourth-order valence-corrected chi connectivity index (χ4v) is 3.28. The highest BCUT2D eigenvalue weighted by Gasteiger charge is 2.17. The fourth-order valence-electron chi connectivity index (χ4n) is 1.79. The summed E-state index contributed by atoms with van der Waals surface area (Å²) in [5, 5.41) is 0. The Morgan fingerprint density at radius 3 is 2.48 bits per heavy atom. The zero-order valence-corrected chi connectivity index (χ0v) is 13.8. The number of rotatable bonds is 4. The molecule has 0 saturated carbocycles. The van der Waals surface area contributed by atoms with Gasteiger partial charge in [0.25, 0.3) is 10.0 Å². The molecule has 0 aliphatic rings. The summed E-state index contributed by atoms with van der Waals surface area (Å²) in [6.07, 6.45) is 0. The van der Waals surface area contributed by atoms with E-state index >= 15 is 0 Å². The number of ether oxygens (including phenoxy) is 1. The highest BCUT2D eigenvalue weighted by Crippen LogP contribution is 2.25.